The molecule has 0 atom stereocenters. The van der Waals surface area contributed by atoms with E-state index in [1.807, 2.05) is 0 Å². The van der Waals surface area contributed by atoms with E-state index < -0.39 is 0 Å². The molecule has 0 spiro atoms. The van der Waals surface area contributed by atoms with E-state index in [1.165, 1.54) is 120 Å². The average molecular weight is 617 g/mol. The third kappa shape index (κ3) is 14.3. The van der Waals surface area contributed by atoms with Crippen molar-refractivity contribution in [2.45, 2.75) is 78.1 Å². The van der Waals surface area contributed by atoms with Crippen LogP contribution in [0.15, 0.2) is 72.8 Å². The maximum atomic E-state index is 3.06. The first-order chi connectivity index (χ1) is 16.7. The molecule has 0 saturated heterocycles. The van der Waals surface area contributed by atoms with Gasteiger partial charge in [-0.3, -0.25) is 0 Å². The van der Waals surface area contributed by atoms with Crippen LogP contribution in [-0.4, -0.2) is 6.88 Å². The summed E-state index contributed by atoms with van der Waals surface area (Å²) < 4.78 is 0. The minimum absolute atomic E-state index is 0. The van der Waals surface area contributed by atoms with E-state index in [0.29, 0.717) is 0 Å². The number of benzene rings is 2. The zero-order valence-corrected chi connectivity index (χ0v) is 27.1. The molecule has 2 fully saturated rings. The van der Waals surface area contributed by atoms with Crippen molar-refractivity contribution < 1.29 is 23.3 Å². The van der Waals surface area contributed by atoms with Crippen LogP contribution in [0.3, 0.4) is 0 Å². The van der Waals surface area contributed by atoms with Crippen molar-refractivity contribution in [3.8, 4) is 0 Å². The van der Waals surface area contributed by atoms with Crippen LogP contribution in [0.2, 0.25) is 0 Å². The van der Waals surface area contributed by atoms with Gasteiger partial charge in [-0.1, -0.05) is 64.5 Å². The second-order valence-corrected chi connectivity index (χ2v) is 9.18. The Hall–Kier alpha value is -0.660. The van der Waals surface area contributed by atoms with Crippen LogP contribution in [0.5, 0.6) is 0 Å². The first kappa shape index (κ1) is 35.3. The number of hydrogen-bond acceptors (Lipinski definition) is 0. The van der Waals surface area contributed by atoms with E-state index in [9.17, 15) is 0 Å². The number of halogens is 2. The summed E-state index contributed by atoms with van der Waals surface area (Å²) >= 11 is 1.36. The molecule has 6 rings (SSSR count). The van der Waals surface area contributed by atoms with E-state index in [4.69, 9.17) is 0 Å². The molecule has 0 nitrogen and oxygen atoms in total. The molecule has 4 aromatic carbocycles. The molecule has 4 heteroatoms. The van der Waals surface area contributed by atoms with Crippen molar-refractivity contribution in [3.63, 3.8) is 0 Å². The normalized spacial score (nSPS) is 13.9. The molecule has 0 aromatic heterocycles. The summed E-state index contributed by atoms with van der Waals surface area (Å²) in [6, 6.07) is 25.7. The van der Waals surface area contributed by atoms with Crippen LogP contribution >= 0.6 is 24.8 Å². The Kier molecular flexibility index (Phi) is 21.9. The molecule has 0 bridgehead atoms. The van der Waals surface area contributed by atoms with E-state index in [-0.39, 0.29) is 24.8 Å². The number of fused-ring (bicyclic) bond motifs is 2. The second-order valence-electron chi connectivity index (χ2n) is 9.18. The molecule has 0 N–H and O–H groups in total. The van der Waals surface area contributed by atoms with Gasteiger partial charge in [0.05, 0.1) is 0 Å². The SMILES string of the molecule is Cc1cc2ccccc2[cH-]1.Cc1cc2ccccc2[cH-]1.Cl.Cl.[CH-]1CCCCC1.[CH-]1CCCCC1.[Si]=[Zr]. The second kappa shape index (κ2) is 22.3. The Balaban J connectivity index is 0.000000446. The van der Waals surface area contributed by atoms with Crippen molar-refractivity contribution in [3.05, 3.63) is 96.8 Å². The van der Waals surface area contributed by atoms with Crippen molar-refractivity contribution >= 4 is 53.2 Å². The van der Waals surface area contributed by atoms with E-state index in [0.717, 1.165) is 0 Å². The van der Waals surface area contributed by atoms with Crippen LogP contribution in [0, 0.1) is 26.7 Å². The Morgan fingerprint density at radius 3 is 1.14 bits per heavy atom. The number of aryl methyl sites for hydroxylation is 2. The molecule has 0 aliphatic heterocycles. The number of hydrogen-bond donors (Lipinski definition) is 0. The van der Waals surface area contributed by atoms with Gasteiger partial charge in [-0.2, -0.15) is 37.8 Å². The minimum atomic E-state index is 0. The fourth-order valence-corrected chi connectivity index (χ4v) is 4.41. The van der Waals surface area contributed by atoms with Crippen molar-refractivity contribution in [1.82, 2.24) is 0 Å². The summed E-state index contributed by atoms with van der Waals surface area (Å²) in [7, 11) is 0. The first-order valence-corrected chi connectivity index (χ1v) is 17.0. The molecule has 4 aromatic rings. The molecule has 0 amide bonds. The predicted molar refractivity (Wildman–Crippen MR) is 164 cm³/mol. The zero-order chi connectivity index (χ0) is 24.4. The topological polar surface area (TPSA) is 0 Å². The van der Waals surface area contributed by atoms with Crippen LogP contribution in [0.25, 0.3) is 21.5 Å². The summed E-state index contributed by atoms with van der Waals surface area (Å²) in [4.78, 5) is 0. The first-order valence-electron chi connectivity index (χ1n) is 12.8. The maximum absolute atomic E-state index is 3.06. The van der Waals surface area contributed by atoms with E-state index >= 15 is 0 Å². The van der Waals surface area contributed by atoms with Crippen LogP contribution < -0.4 is 0 Å². The van der Waals surface area contributed by atoms with Gasteiger partial charge in [-0.25, -0.2) is 0 Å². The van der Waals surface area contributed by atoms with Gasteiger partial charge in [-0.15, -0.1) is 106 Å². The molecule has 36 heavy (non-hydrogen) atoms. The van der Waals surface area contributed by atoms with Gasteiger partial charge in [0.25, 0.3) is 0 Å². The quantitative estimate of drug-likeness (QED) is 0.136. The molecule has 2 aliphatic rings. The van der Waals surface area contributed by atoms with Gasteiger partial charge < -0.3 is 12.8 Å². The molecule has 196 valence electrons. The third-order valence-corrected chi connectivity index (χ3v) is 6.16. The van der Waals surface area contributed by atoms with Gasteiger partial charge in [0, 0.05) is 0 Å². The Morgan fingerprint density at radius 1 is 0.556 bits per heavy atom. The molecular formula is C32H42Cl2SiZr-4. The Bertz CT molecular complexity index is 871. The van der Waals surface area contributed by atoms with Gasteiger partial charge in [-0.05, 0) is 0 Å². The standard InChI is InChI=1S/2C10H9.2C6H11.2ClH.Si.Zr/c2*1-8-6-9-4-2-3-5-10(9)7-8;2*1-2-4-6-5-3-1;;;;/h2*2-7H,1H3;2*1H,2-6H2;2*1H;;/q4*-1;;;;. The monoisotopic (exact) mass is 614 g/mol. The van der Waals surface area contributed by atoms with Gasteiger partial charge >= 0.3 is 30.2 Å². The molecule has 0 heterocycles. The van der Waals surface area contributed by atoms with Crippen LogP contribution in [-0.2, 0) is 23.3 Å². The summed E-state index contributed by atoms with van der Waals surface area (Å²) in [6.07, 6.45) is 19.0. The van der Waals surface area contributed by atoms with Crippen LogP contribution in [0.4, 0.5) is 0 Å². The van der Waals surface area contributed by atoms with Crippen LogP contribution in [0.1, 0.15) is 75.3 Å². The average Bonchev–Trinajstić information content (AvgIpc) is 3.49. The third-order valence-electron chi connectivity index (χ3n) is 6.16. The number of rotatable bonds is 0. The zero-order valence-electron chi connectivity index (χ0n) is 22.0. The summed E-state index contributed by atoms with van der Waals surface area (Å²) in [5, 5.41) is 5.39. The molecule has 2 saturated carbocycles. The summed E-state index contributed by atoms with van der Waals surface area (Å²) in [5.74, 6) is 0. The van der Waals surface area contributed by atoms with Gasteiger partial charge in [0.1, 0.15) is 0 Å². The predicted octanol–water partition coefficient (Wildman–Crippen LogP) is 10.5. The Morgan fingerprint density at radius 2 is 0.889 bits per heavy atom. The Labute approximate surface area is 249 Å². The van der Waals surface area contributed by atoms with E-state index in [2.05, 4.69) is 106 Å². The summed E-state index contributed by atoms with van der Waals surface area (Å²) in [6.45, 7) is 7.31. The van der Waals surface area contributed by atoms with E-state index in [1.54, 1.807) is 0 Å². The molecule has 2 radical (unpaired) electrons. The fraction of sp³-hybridized carbons (Fsp3) is 0.375. The van der Waals surface area contributed by atoms with Crippen molar-refractivity contribution in [2.75, 3.05) is 0 Å². The van der Waals surface area contributed by atoms with Gasteiger partial charge in [0.2, 0.25) is 0 Å². The molecule has 2 aliphatic carbocycles. The molecular weight excluding hydrogens is 575 g/mol. The summed E-state index contributed by atoms with van der Waals surface area (Å²) in [5.41, 5.74) is 2.70. The van der Waals surface area contributed by atoms with Crippen molar-refractivity contribution in [2.24, 2.45) is 0 Å². The van der Waals surface area contributed by atoms with Crippen molar-refractivity contribution in [1.29, 1.82) is 0 Å². The van der Waals surface area contributed by atoms with Gasteiger partial charge in [0.15, 0.2) is 0 Å². The fourth-order valence-electron chi connectivity index (χ4n) is 4.41. The molecule has 0 unspecified atom stereocenters.